The molecule has 0 saturated carbocycles. The minimum atomic E-state index is 0.0462. The first-order valence-corrected chi connectivity index (χ1v) is 8.23. The van der Waals surface area contributed by atoms with E-state index in [0.29, 0.717) is 0 Å². The van der Waals surface area contributed by atoms with Gasteiger partial charge in [-0.2, -0.15) is 0 Å². The van der Waals surface area contributed by atoms with Crippen molar-refractivity contribution in [3.8, 4) is 0 Å². The highest BCUT2D eigenvalue weighted by molar-refractivity contribution is 5.25. The normalized spacial score (nSPS) is 15.3. The Morgan fingerprint density at radius 1 is 1.22 bits per heavy atom. The van der Waals surface area contributed by atoms with E-state index >= 15 is 0 Å². The zero-order chi connectivity index (χ0) is 15.5. The average Bonchev–Trinajstić information content (AvgIpc) is 3.25. The molecule has 0 saturated heterocycles. The quantitative estimate of drug-likeness (QED) is 0.762. The number of benzene rings is 1. The molecule has 0 aliphatic carbocycles. The summed E-state index contributed by atoms with van der Waals surface area (Å²) in [6.07, 6.45) is 9.45. The Kier molecular flexibility index (Phi) is 3.94. The van der Waals surface area contributed by atoms with Crippen LogP contribution in [0.5, 0.6) is 0 Å². The maximum atomic E-state index is 4.77. The lowest BCUT2D eigenvalue weighted by atomic mass is 10.1. The van der Waals surface area contributed by atoms with Crippen molar-refractivity contribution >= 4 is 0 Å². The first-order valence-electron chi connectivity index (χ1n) is 8.23. The Bertz CT molecular complexity index is 722. The van der Waals surface area contributed by atoms with Crippen molar-refractivity contribution in [3.05, 3.63) is 71.8 Å². The molecule has 0 radical (unpaired) electrons. The summed E-state index contributed by atoms with van der Waals surface area (Å²) in [4.78, 5) is 12.4. The zero-order valence-corrected chi connectivity index (χ0v) is 13.1. The highest BCUT2D eigenvalue weighted by Crippen LogP contribution is 2.20. The van der Waals surface area contributed by atoms with E-state index in [-0.39, 0.29) is 6.04 Å². The zero-order valence-electron chi connectivity index (χ0n) is 13.1. The van der Waals surface area contributed by atoms with Crippen LogP contribution < -0.4 is 5.32 Å². The van der Waals surface area contributed by atoms with E-state index in [1.54, 1.807) is 6.20 Å². The van der Waals surface area contributed by atoms with E-state index in [4.69, 9.17) is 4.98 Å². The molecule has 1 aliphatic rings. The lowest BCUT2D eigenvalue weighted by Gasteiger charge is -2.16. The van der Waals surface area contributed by atoms with Gasteiger partial charge in [0, 0.05) is 38.1 Å². The summed E-state index contributed by atoms with van der Waals surface area (Å²) < 4.78 is 2.30. The summed E-state index contributed by atoms with van der Waals surface area (Å²) in [5.74, 6) is 2.16. The van der Waals surface area contributed by atoms with Crippen LogP contribution in [0.25, 0.3) is 0 Å². The fourth-order valence-electron chi connectivity index (χ4n) is 3.22. The summed E-state index contributed by atoms with van der Waals surface area (Å²) >= 11 is 0. The number of nitrogens with one attached hydrogen (secondary N) is 2. The van der Waals surface area contributed by atoms with Crippen molar-refractivity contribution in [1.82, 2.24) is 24.8 Å². The number of imidazole rings is 2. The Labute approximate surface area is 135 Å². The van der Waals surface area contributed by atoms with Crippen molar-refractivity contribution in [2.75, 3.05) is 0 Å². The molecule has 1 unspecified atom stereocenters. The van der Waals surface area contributed by atoms with Gasteiger partial charge >= 0.3 is 0 Å². The molecule has 4 rings (SSSR count). The van der Waals surface area contributed by atoms with Crippen LogP contribution in [0.15, 0.2) is 48.9 Å². The standard InChI is InChI=1S/C18H21N5/c1-2-6-14(7-3-1)17(18-19-9-10-20-18)21-12-15-13-23-11-5-4-8-16(23)22-15/h1-3,6-7,9-10,13,17,21H,4-5,8,11-12H2,(H,19,20). The van der Waals surface area contributed by atoms with E-state index in [9.17, 15) is 0 Å². The third-order valence-corrected chi connectivity index (χ3v) is 4.37. The predicted molar refractivity (Wildman–Crippen MR) is 88.9 cm³/mol. The van der Waals surface area contributed by atoms with E-state index < -0.39 is 0 Å². The van der Waals surface area contributed by atoms with Crippen LogP contribution in [0.2, 0.25) is 0 Å². The first-order chi connectivity index (χ1) is 11.4. The average molecular weight is 307 g/mol. The summed E-state index contributed by atoms with van der Waals surface area (Å²) in [7, 11) is 0. The SMILES string of the molecule is c1ccc(C(NCc2cn3c(n2)CCCC3)c2ncc[nH]2)cc1. The van der Waals surface area contributed by atoms with Crippen molar-refractivity contribution < 1.29 is 0 Å². The fraction of sp³-hybridized carbons (Fsp3) is 0.333. The molecule has 1 aliphatic heterocycles. The lowest BCUT2D eigenvalue weighted by Crippen LogP contribution is -2.23. The van der Waals surface area contributed by atoms with Gasteiger partial charge in [-0.05, 0) is 18.4 Å². The molecule has 1 aromatic carbocycles. The van der Waals surface area contributed by atoms with Crippen LogP contribution >= 0.6 is 0 Å². The molecule has 0 spiro atoms. The van der Waals surface area contributed by atoms with Crippen LogP contribution in [0.4, 0.5) is 0 Å². The summed E-state index contributed by atoms with van der Waals surface area (Å²) in [5.41, 5.74) is 2.31. The van der Waals surface area contributed by atoms with Gasteiger partial charge in [0.15, 0.2) is 0 Å². The van der Waals surface area contributed by atoms with Gasteiger partial charge in [0.2, 0.25) is 0 Å². The molecule has 5 nitrogen and oxygen atoms in total. The number of aromatic nitrogens is 4. The van der Waals surface area contributed by atoms with Gasteiger partial charge in [-0.15, -0.1) is 0 Å². The monoisotopic (exact) mass is 307 g/mol. The topological polar surface area (TPSA) is 58.5 Å². The molecule has 0 amide bonds. The van der Waals surface area contributed by atoms with Crippen LogP contribution in [0, 0.1) is 0 Å². The summed E-state index contributed by atoms with van der Waals surface area (Å²) in [6.45, 7) is 1.84. The van der Waals surface area contributed by atoms with Gasteiger partial charge in [0.05, 0.1) is 11.7 Å². The largest absolute Gasteiger partial charge is 0.347 e. The molecule has 0 bridgehead atoms. The van der Waals surface area contributed by atoms with Crippen LogP contribution in [0.1, 0.15) is 41.8 Å². The van der Waals surface area contributed by atoms with Crippen LogP contribution in [-0.2, 0) is 19.5 Å². The Morgan fingerprint density at radius 2 is 2.13 bits per heavy atom. The molecular weight excluding hydrogens is 286 g/mol. The second-order valence-corrected chi connectivity index (χ2v) is 6.00. The minimum Gasteiger partial charge on any atom is -0.347 e. The van der Waals surface area contributed by atoms with Crippen molar-refractivity contribution in [2.45, 2.75) is 38.4 Å². The highest BCUT2D eigenvalue weighted by Gasteiger charge is 2.17. The second-order valence-electron chi connectivity index (χ2n) is 6.00. The van der Waals surface area contributed by atoms with Gasteiger partial charge < -0.3 is 9.55 Å². The number of hydrogen-bond acceptors (Lipinski definition) is 3. The van der Waals surface area contributed by atoms with Gasteiger partial charge in [-0.3, -0.25) is 5.32 Å². The van der Waals surface area contributed by atoms with Crippen molar-refractivity contribution in [3.63, 3.8) is 0 Å². The number of hydrogen-bond donors (Lipinski definition) is 2. The number of nitrogens with zero attached hydrogens (tertiary/aromatic N) is 3. The molecule has 5 heteroatoms. The fourth-order valence-corrected chi connectivity index (χ4v) is 3.22. The minimum absolute atomic E-state index is 0.0462. The van der Waals surface area contributed by atoms with Crippen molar-refractivity contribution in [2.24, 2.45) is 0 Å². The third-order valence-electron chi connectivity index (χ3n) is 4.37. The first kappa shape index (κ1) is 14.2. The molecular formula is C18H21N5. The van der Waals surface area contributed by atoms with Gasteiger partial charge in [0.25, 0.3) is 0 Å². The lowest BCUT2D eigenvalue weighted by molar-refractivity contribution is 0.522. The predicted octanol–water partition coefficient (Wildman–Crippen LogP) is 2.82. The van der Waals surface area contributed by atoms with Gasteiger partial charge in [-0.25, -0.2) is 9.97 Å². The van der Waals surface area contributed by atoms with Crippen LogP contribution in [-0.4, -0.2) is 19.5 Å². The number of fused-ring (bicyclic) bond motifs is 1. The number of rotatable bonds is 5. The second kappa shape index (κ2) is 6.38. The molecule has 2 aromatic heterocycles. The molecule has 118 valence electrons. The van der Waals surface area contributed by atoms with E-state index in [2.05, 4.69) is 50.3 Å². The molecule has 2 N–H and O–H groups in total. The maximum Gasteiger partial charge on any atom is 0.127 e. The van der Waals surface area contributed by atoms with Gasteiger partial charge in [-0.1, -0.05) is 30.3 Å². The number of aromatic amines is 1. The molecule has 3 aromatic rings. The van der Waals surface area contributed by atoms with Gasteiger partial charge in [0.1, 0.15) is 11.6 Å². The van der Waals surface area contributed by atoms with E-state index in [1.807, 2.05) is 12.3 Å². The molecule has 3 heterocycles. The van der Waals surface area contributed by atoms with E-state index in [1.165, 1.54) is 24.2 Å². The number of H-pyrrole nitrogens is 1. The molecule has 23 heavy (non-hydrogen) atoms. The van der Waals surface area contributed by atoms with E-state index in [0.717, 1.165) is 31.0 Å². The third kappa shape index (κ3) is 3.05. The Morgan fingerprint density at radius 3 is 2.91 bits per heavy atom. The molecule has 0 fully saturated rings. The number of aryl methyl sites for hydroxylation is 2. The summed E-state index contributed by atoms with van der Waals surface area (Å²) in [5, 5.41) is 3.59. The van der Waals surface area contributed by atoms with Crippen molar-refractivity contribution in [1.29, 1.82) is 0 Å². The Hall–Kier alpha value is -2.40. The highest BCUT2D eigenvalue weighted by atomic mass is 15.1. The summed E-state index contributed by atoms with van der Waals surface area (Å²) in [6, 6.07) is 10.4. The van der Waals surface area contributed by atoms with Crippen LogP contribution in [0.3, 0.4) is 0 Å². The smallest absolute Gasteiger partial charge is 0.127 e. The molecule has 1 atom stereocenters. The Balaban J connectivity index is 1.53. The maximum absolute atomic E-state index is 4.77.